The Labute approximate surface area is 62.6 Å². The van der Waals surface area contributed by atoms with E-state index in [9.17, 15) is 0 Å². The van der Waals surface area contributed by atoms with E-state index in [2.05, 4.69) is 10.2 Å². The Balaban J connectivity index is 2.96. The second-order valence-electron chi connectivity index (χ2n) is 1.67. The largest absolute Gasteiger partial charge is 0.510 e. The Morgan fingerprint density at radius 2 is 2.20 bits per heavy atom. The van der Waals surface area contributed by atoms with Gasteiger partial charge in [-0.05, 0) is 6.07 Å². The van der Waals surface area contributed by atoms with Gasteiger partial charge in [0.1, 0.15) is 0 Å². The van der Waals surface area contributed by atoms with Crippen LogP contribution in [0.1, 0.15) is 0 Å². The number of halogens is 1. The highest BCUT2D eigenvalue weighted by Gasteiger charge is 2.12. The molecule has 4 nitrogen and oxygen atoms in total. The lowest BCUT2D eigenvalue weighted by Gasteiger charge is -1.94. The molecule has 1 aromatic rings. The van der Waals surface area contributed by atoms with Gasteiger partial charge in [-0.3, -0.25) is 0 Å². The fraction of sp³-hybridized carbons (Fsp3) is 0. The number of nitrogens with zero attached hydrogens (tertiary/aromatic N) is 2. The van der Waals surface area contributed by atoms with Gasteiger partial charge in [0, 0.05) is 0 Å². The Bertz CT molecular complexity index is 232. The molecule has 0 saturated carbocycles. The third-order valence-electron chi connectivity index (χ3n) is 0.905. The fourth-order valence-electron chi connectivity index (χ4n) is 0.484. The van der Waals surface area contributed by atoms with Gasteiger partial charge in [-0.1, -0.05) is 11.6 Å². The lowest BCUT2D eigenvalue weighted by atomic mass is 9.86. The third-order valence-corrected chi connectivity index (χ3v) is 1.11. The van der Waals surface area contributed by atoms with Crippen molar-refractivity contribution in [2.24, 2.45) is 0 Å². The molecule has 0 bridgehead atoms. The molecule has 0 spiro atoms. The summed E-state index contributed by atoms with van der Waals surface area (Å²) in [6.07, 6.45) is 1.31. The van der Waals surface area contributed by atoms with Gasteiger partial charge in [-0.25, -0.2) is 0 Å². The zero-order valence-corrected chi connectivity index (χ0v) is 5.65. The standard InChI is InChI=1S/C4H4BClN2O2/c6-3-1-4(5(9)10)8-7-2-3/h1-2,9-10H. The third kappa shape index (κ3) is 1.67. The first-order chi connectivity index (χ1) is 4.70. The summed E-state index contributed by atoms with van der Waals surface area (Å²) in [4.78, 5) is 0. The van der Waals surface area contributed by atoms with E-state index in [1.165, 1.54) is 12.3 Å². The summed E-state index contributed by atoms with van der Waals surface area (Å²) in [5, 5.41) is 24.2. The van der Waals surface area contributed by atoms with Gasteiger partial charge in [0.15, 0.2) is 0 Å². The summed E-state index contributed by atoms with van der Waals surface area (Å²) >= 11 is 5.46. The van der Waals surface area contributed by atoms with Crippen LogP contribution in [-0.4, -0.2) is 27.4 Å². The smallest absolute Gasteiger partial charge is 0.422 e. The maximum Gasteiger partial charge on any atom is 0.510 e. The van der Waals surface area contributed by atoms with Crippen LogP contribution in [0.5, 0.6) is 0 Å². The van der Waals surface area contributed by atoms with Crippen LogP contribution in [-0.2, 0) is 0 Å². The quantitative estimate of drug-likeness (QED) is 0.504. The molecule has 52 valence electrons. The molecule has 0 saturated heterocycles. The maximum absolute atomic E-state index is 8.54. The second-order valence-corrected chi connectivity index (χ2v) is 2.11. The Morgan fingerprint density at radius 3 is 2.60 bits per heavy atom. The molecule has 0 unspecified atom stereocenters. The first kappa shape index (κ1) is 7.46. The molecular formula is C4H4BClN2O2. The number of aromatic nitrogens is 2. The molecule has 10 heavy (non-hydrogen) atoms. The van der Waals surface area contributed by atoms with Gasteiger partial charge in [0.05, 0.1) is 16.8 Å². The van der Waals surface area contributed by atoms with Gasteiger partial charge in [0.25, 0.3) is 0 Å². The van der Waals surface area contributed by atoms with E-state index in [1.807, 2.05) is 0 Å². The first-order valence-corrected chi connectivity index (χ1v) is 2.92. The molecule has 1 aromatic heterocycles. The lowest BCUT2D eigenvalue weighted by Crippen LogP contribution is -2.33. The Morgan fingerprint density at radius 1 is 1.50 bits per heavy atom. The molecule has 2 N–H and O–H groups in total. The average molecular weight is 158 g/mol. The van der Waals surface area contributed by atoms with Crippen molar-refractivity contribution in [2.45, 2.75) is 0 Å². The number of hydrogen-bond acceptors (Lipinski definition) is 4. The van der Waals surface area contributed by atoms with Crippen molar-refractivity contribution >= 4 is 24.3 Å². The predicted molar refractivity (Wildman–Crippen MR) is 36.9 cm³/mol. The van der Waals surface area contributed by atoms with E-state index in [1.54, 1.807) is 0 Å². The normalized spacial score (nSPS) is 9.50. The molecule has 0 aliphatic carbocycles. The molecule has 6 heteroatoms. The minimum Gasteiger partial charge on any atom is -0.422 e. The van der Waals surface area contributed by atoms with E-state index in [0.717, 1.165) is 0 Å². The SMILES string of the molecule is OB(O)c1cc(Cl)cnn1. The minimum atomic E-state index is -1.61. The highest BCUT2D eigenvalue weighted by atomic mass is 35.5. The molecule has 0 aliphatic rings. The van der Waals surface area contributed by atoms with Crippen molar-refractivity contribution in [1.82, 2.24) is 10.2 Å². The van der Waals surface area contributed by atoms with E-state index >= 15 is 0 Å². The molecule has 1 rings (SSSR count). The van der Waals surface area contributed by atoms with Crippen LogP contribution >= 0.6 is 11.6 Å². The van der Waals surface area contributed by atoms with Crippen molar-refractivity contribution in [1.29, 1.82) is 0 Å². The highest BCUT2D eigenvalue weighted by Crippen LogP contribution is 1.99. The highest BCUT2D eigenvalue weighted by molar-refractivity contribution is 6.57. The van der Waals surface area contributed by atoms with E-state index in [-0.39, 0.29) is 5.59 Å². The van der Waals surface area contributed by atoms with Crippen LogP contribution in [0.2, 0.25) is 5.02 Å². The molecule has 0 radical (unpaired) electrons. The summed E-state index contributed by atoms with van der Waals surface area (Å²) in [7, 11) is -1.61. The predicted octanol–water partition coefficient (Wildman–Crippen LogP) is -1.19. The van der Waals surface area contributed by atoms with E-state index in [4.69, 9.17) is 21.6 Å². The molecule has 0 amide bonds. The Kier molecular flexibility index (Phi) is 2.21. The molecule has 0 atom stereocenters. The van der Waals surface area contributed by atoms with Crippen molar-refractivity contribution < 1.29 is 10.0 Å². The topological polar surface area (TPSA) is 66.2 Å². The summed E-state index contributed by atoms with van der Waals surface area (Å²) in [5.41, 5.74) is 0.0486. The molecular weight excluding hydrogens is 154 g/mol. The monoisotopic (exact) mass is 158 g/mol. The molecule has 0 fully saturated rings. The molecule has 0 aliphatic heterocycles. The first-order valence-electron chi connectivity index (χ1n) is 2.54. The van der Waals surface area contributed by atoms with Gasteiger partial charge >= 0.3 is 7.12 Å². The number of hydrogen-bond donors (Lipinski definition) is 2. The van der Waals surface area contributed by atoms with Gasteiger partial charge in [-0.2, -0.15) is 10.2 Å². The summed E-state index contributed by atoms with van der Waals surface area (Å²) in [6, 6.07) is 1.33. The summed E-state index contributed by atoms with van der Waals surface area (Å²) < 4.78 is 0. The van der Waals surface area contributed by atoms with Crippen LogP contribution in [0, 0.1) is 0 Å². The summed E-state index contributed by atoms with van der Waals surface area (Å²) in [6.45, 7) is 0. The maximum atomic E-state index is 8.54. The van der Waals surface area contributed by atoms with Crippen molar-refractivity contribution in [3.63, 3.8) is 0 Å². The lowest BCUT2D eigenvalue weighted by molar-refractivity contribution is 0.423. The van der Waals surface area contributed by atoms with Crippen molar-refractivity contribution in [3.05, 3.63) is 17.3 Å². The summed E-state index contributed by atoms with van der Waals surface area (Å²) in [5.74, 6) is 0. The number of rotatable bonds is 1. The van der Waals surface area contributed by atoms with Crippen molar-refractivity contribution in [3.8, 4) is 0 Å². The van der Waals surface area contributed by atoms with Crippen LogP contribution in [0.4, 0.5) is 0 Å². The van der Waals surface area contributed by atoms with Gasteiger partial charge in [0.2, 0.25) is 0 Å². The zero-order valence-electron chi connectivity index (χ0n) is 4.90. The van der Waals surface area contributed by atoms with Crippen LogP contribution in [0.3, 0.4) is 0 Å². The fourth-order valence-corrected chi connectivity index (χ4v) is 0.640. The van der Waals surface area contributed by atoms with Crippen molar-refractivity contribution in [2.75, 3.05) is 0 Å². The molecule has 0 aromatic carbocycles. The zero-order chi connectivity index (χ0) is 7.56. The van der Waals surface area contributed by atoms with Gasteiger partial charge in [-0.15, -0.1) is 0 Å². The van der Waals surface area contributed by atoms with E-state index < -0.39 is 7.12 Å². The molecule has 1 heterocycles. The minimum absolute atomic E-state index is 0.0486. The van der Waals surface area contributed by atoms with E-state index in [0.29, 0.717) is 5.02 Å². The van der Waals surface area contributed by atoms with Crippen LogP contribution < -0.4 is 5.59 Å². The Hall–Kier alpha value is -0.645. The van der Waals surface area contributed by atoms with Crippen LogP contribution in [0.25, 0.3) is 0 Å². The average Bonchev–Trinajstić information content (AvgIpc) is 1.88. The van der Waals surface area contributed by atoms with Crippen LogP contribution in [0.15, 0.2) is 12.3 Å². The second kappa shape index (κ2) is 2.96. The van der Waals surface area contributed by atoms with Gasteiger partial charge < -0.3 is 10.0 Å².